The molecule has 2 aromatic carbocycles. The number of hydrogen-bond donors (Lipinski definition) is 0. The van der Waals surface area contributed by atoms with E-state index < -0.39 is 11.4 Å². The summed E-state index contributed by atoms with van der Waals surface area (Å²) in [7, 11) is 0.671. The van der Waals surface area contributed by atoms with Crippen molar-refractivity contribution < 1.29 is 81.9 Å². The van der Waals surface area contributed by atoms with Crippen LogP contribution in [0.4, 0.5) is 0 Å². The van der Waals surface area contributed by atoms with Crippen molar-refractivity contribution in [1.29, 1.82) is 0 Å². The van der Waals surface area contributed by atoms with Crippen LogP contribution >= 0.6 is 34.5 Å². The van der Waals surface area contributed by atoms with Crippen LogP contribution in [0.15, 0.2) is 70.5 Å². The Labute approximate surface area is 561 Å². The van der Waals surface area contributed by atoms with Crippen molar-refractivity contribution >= 4 is 81.3 Å². The first-order valence-electron chi connectivity index (χ1n) is 31.8. The van der Waals surface area contributed by atoms with Crippen molar-refractivity contribution in [2.45, 2.75) is 294 Å². The van der Waals surface area contributed by atoms with Crippen molar-refractivity contribution in [3.8, 4) is 0 Å². The van der Waals surface area contributed by atoms with Crippen LogP contribution in [0.3, 0.4) is 0 Å². The summed E-state index contributed by atoms with van der Waals surface area (Å²) in [5.74, 6) is 4.89. The Hall–Kier alpha value is 2.91. The molecule has 4 nitrogen and oxygen atoms in total. The third-order valence-electron chi connectivity index (χ3n) is 13.8. The van der Waals surface area contributed by atoms with Gasteiger partial charge in [0.2, 0.25) is 5.69 Å². The second-order valence-electron chi connectivity index (χ2n) is 21.2. The van der Waals surface area contributed by atoms with E-state index in [2.05, 4.69) is 88.4 Å². The minimum absolute atomic E-state index is 0. The monoisotopic (exact) mass is 1280 g/mol. The van der Waals surface area contributed by atoms with Gasteiger partial charge in [0.15, 0.2) is 16.4 Å². The SMILES string of the molecule is CCCCCCCCCCCCOP(=S)(OCCCCCCCCCCCC)SCCSc1ccccc1.CCCCCCCCCCCCOP(=S)([S-])OCCCCCCCCCCCC.[Cl-].[K+].c1ccc([S+]2CC2)cc1. The fourth-order valence-corrected chi connectivity index (χ4v) is 17.7. The fourth-order valence-electron chi connectivity index (χ4n) is 8.93. The Bertz CT molecular complexity index is 1510. The minimum atomic E-state index is -2.43. The van der Waals surface area contributed by atoms with Gasteiger partial charge in [-0.2, -0.15) is 0 Å². The van der Waals surface area contributed by atoms with Gasteiger partial charge in [0.25, 0.3) is 0 Å². The van der Waals surface area contributed by atoms with Crippen LogP contribution < -0.4 is 63.8 Å². The van der Waals surface area contributed by atoms with Gasteiger partial charge in [-0.1, -0.05) is 318 Å². The molecule has 1 saturated heterocycles. The van der Waals surface area contributed by atoms with Crippen LogP contribution in [-0.4, -0.2) is 49.4 Å². The number of halogens is 1. The van der Waals surface area contributed by atoms with Gasteiger partial charge in [-0.15, -0.1) is 11.8 Å². The van der Waals surface area contributed by atoms with Crippen LogP contribution in [-0.2, 0) is 64.9 Å². The number of unbranched alkanes of at least 4 members (excludes halogenated alkanes) is 36. The third-order valence-corrected chi connectivity index (χ3v) is 24.5. The van der Waals surface area contributed by atoms with Gasteiger partial charge in [-0.25, -0.2) is 0 Å². The maximum absolute atomic E-state index is 6.30. The van der Waals surface area contributed by atoms with Crippen LogP contribution in [0.2, 0.25) is 0 Å². The van der Waals surface area contributed by atoms with Crippen LogP contribution in [0.25, 0.3) is 0 Å². The van der Waals surface area contributed by atoms with Crippen LogP contribution in [0.5, 0.6) is 0 Å². The molecule has 14 heteroatoms. The molecule has 0 N–H and O–H groups in total. The molecule has 0 spiro atoms. The largest absolute Gasteiger partial charge is 1.00 e. The molecule has 0 saturated carbocycles. The summed E-state index contributed by atoms with van der Waals surface area (Å²) >= 11 is 20.4. The number of thioether (sulfide) groups is 1. The van der Waals surface area contributed by atoms with E-state index in [1.807, 2.05) is 11.8 Å². The zero-order valence-electron chi connectivity index (χ0n) is 51.1. The molecule has 0 aliphatic carbocycles. The summed E-state index contributed by atoms with van der Waals surface area (Å²) in [6, 6.07) is 21.4. The second kappa shape index (κ2) is 64.4. The van der Waals surface area contributed by atoms with Gasteiger partial charge < -0.3 is 42.8 Å². The van der Waals surface area contributed by atoms with Gasteiger partial charge in [0.05, 0.1) is 32.1 Å². The average Bonchev–Trinajstić information content (AvgIpc) is 4.29. The summed E-state index contributed by atoms with van der Waals surface area (Å²) in [6.07, 6.45) is 53.3. The molecule has 0 amide bonds. The average molecular weight is 1280 g/mol. The van der Waals surface area contributed by atoms with E-state index in [1.54, 1.807) is 16.3 Å². The third kappa shape index (κ3) is 59.2. The van der Waals surface area contributed by atoms with E-state index in [1.165, 1.54) is 248 Å². The first-order valence-corrected chi connectivity index (χ1v) is 42.3. The second-order valence-corrected chi connectivity index (χ2v) is 36.0. The minimum Gasteiger partial charge on any atom is -1.00 e. The molecule has 1 fully saturated rings. The molecular weight excluding hydrogens is 1160 g/mol. The predicted octanol–water partition coefficient (Wildman–Crippen LogP) is 17.9. The summed E-state index contributed by atoms with van der Waals surface area (Å²) in [5, 5.41) is 0. The molecule has 78 heavy (non-hydrogen) atoms. The fraction of sp³-hybridized carbons (Fsp3) is 0.812. The van der Waals surface area contributed by atoms with Crippen LogP contribution in [0, 0.1) is 0 Å². The standard InChI is InChI=1S/C32H59O2PS3.C24H51O2PS2.C8H9S.ClH.K/c1-3-5-7-9-11-13-15-17-19-24-28-33-35(36,38-31-30-37-32-26-22-21-23-27-32)34-29-25-20-18-16-14-12-10-8-6-4-2;1-3-5-7-9-11-13-15-17-19-21-23-25-27(28,29)26-24-22-20-18-16-14-12-10-8-6-4-2;1-2-4-8(5-3-1)9-6-7-9;;/h21-23,26-27H,3-20,24-25,28-31H2,1-2H3;3-24H2,1-2H3,(H,28,29);1-5H,6-7H2;1H;/q;;+1;;+1/p-2. The van der Waals surface area contributed by atoms with Gasteiger partial charge >= 0.3 is 51.4 Å². The maximum atomic E-state index is 6.30. The Morgan fingerprint density at radius 2 is 0.667 bits per heavy atom. The molecule has 1 aliphatic rings. The quantitative estimate of drug-likeness (QED) is 0.0122. The van der Waals surface area contributed by atoms with Crippen molar-refractivity contribution in [1.82, 2.24) is 0 Å². The molecule has 1 aliphatic heterocycles. The normalized spacial score (nSPS) is 12.3. The molecule has 0 unspecified atom stereocenters. The van der Waals surface area contributed by atoms with Gasteiger partial charge in [0.1, 0.15) is 0 Å². The number of benzene rings is 2. The van der Waals surface area contributed by atoms with Gasteiger partial charge in [-0.3, -0.25) is 0 Å². The Morgan fingerprint density at radius 1 is 0.397 bits per heavy atom. The Balaban J connectivity index is 0. The molecule has 452 valence electrons. The van der Waals surface area contributed by atoms with E-state index in [0.717, 1.165) is 50.4 Å². The zero-order valence-corrected chi connectivity index (χ0v) is 61.6. The Kier molecular flexibility index (Phi) is 68.5. The van der Waals surface area contributed by atoms with E-state index in [4.69, 9.17) is 54.0 Å². The van der Waals surface area contributed by atoms with Gasteiger partial charge in [0, 0.05) is 27.3 Å². The Morgan fingerprint density at radius 3 is 0.962 bits per heavy atom. The summed E-state index contributed by atoms with van der Waals surface area (Å²) < 4.78 is 24.0. The molecule has 0 radical (unpaired) electrons. The number of rotatable bonds is 54. The van der Waals surface area contributed by atoms with Crippen molar-refractivity contribution in [2.75, 3.05) is 49.4 Å². The van der Waals surface area contributed by atoms with E-state index in [9.17, 15) is 0 Å². The molecule has 0 bridgehead atoms. The van der Waals surface area contributed by atoms with Crippen molar-refractivity contribution in [3.05, 3.63) is 60.7 Å². The maximum Gasteiger partial charge on any atom is 1.00 e. The summed E-state index contributed by atoms with van der Waals surface area (Å²) in [4.78, 5) is 2.87. The topological polar surface area (TPSA) is 36.9 Å². The van der Waals surface area contributed by atoms with E-state index in [0.29, 0.717) is 24.1 Å². The molecule has 1 heterocycles. The molecule has 2 aromatic rings. The van der Waals surface area contributed by atoms with Gasteiger partial charge in [-0.05, 0) is 61.8 Å². The zero-order chi connectivity index (χ0) is 55.0. The van der Waals surface area contributed by atoms with E-state index >= 15 is 0 Å². The summed E-state index contributed by atoms with van der Waals surface area (Å²) in [5.41, 5.74) is -4.69. The molecule has 0 aromatic heterocycles. The smallest absolute Gasteiger partial charge is 1.00 e. The number of hydrogen-bond acceptors (Lipinski definition) is 9. The molecule has 3 rings (SSSR count). The first-order chi connectivity index (χ1) is 37.3. The van der Waals surface area contributed by atoms with Crippen molar-refractivity contribution in [2.24, 2.45) is 0 Å². The predicted molar refractivity (Wildman–Crippen MR) is 359 cm³/mol. The van der Waals surface area contributed by atoms with Crippen molar-refractivity contribution in [3.63, 3.8) is 0 Å². The van der Waals surface area contributed by atoms with Crippen LogP contribution in [0.1, 0.15) is 285 Å². The summed E-state index contributed by atoms with van der Waals surface area (Å²) in [6.45, 7) is 12.0. The molecular formula is C64H118ClKO4P2S6. The van der Waals surface area contributed by atoms with E-state index in [-0.39, 0.29) is 63.8 Å². The molecule has 0 atom stereocenters. The first kappa shape index (κ1) is 83.0.